The van der Waals surface area contributed by atoms with Crippen LogP contribution in [-0.4, -0.2) is 21.0 Å². The minimum atomic E-state index is 0.112. The molecule has 0 unspecified atom stereocenters. The summed E-state index contributed by atoms with van der Waals surface area (Å²) in [5.74, 6) is 0.890. The maximum atomic E-state index is 8.55. The minimum Gasteiger partial charge on any atom is -0.409 e. The highest BCUT2D eigenvalue weighted by molar-refractivity contribution is 7.98. The number of nitrogens with zero attached hydrogens (tertiary/aromatic N) is 3. The largest absolute Gasteiger partial charge is 0.409 e. The second-order valence-electron chi connectivity index (χ2n) is 3.50. The number of benzene rings is 1. The van der Waals surface area contributed by atoms with Gasteiger partial charge in [0.1, 0.15) is 0 Å². The zero-order valence-electron chi connectivity index (χ0n) is 9.52. The molecule has 2 aromatic rings. The molecule has 0 fully saturated rings. The van der Waals surface area contributed by atoms with Crippen LogP contribution in [0, 0.1) is 0 Å². The van der Waals surface area contributed by atoms with Crippen molar-refractivity contribution in [3.63, 3.8) is 0 Å². The van der Waals surface area contributed by atoms with Gasteiger partial charge in [-0.05, 0) is 11.6 Å². The molecule has 5 nitrogen and oxygen atoms in total. The molecule has 6 heteroatoms. The van der Waals surface area contributed by atoms with Crippen molar-refractivity contribution in [1.29, 1.82) is 0 Å². The average Bonchev–Trinajstić information content (AvgIpc) is 2.46. The molecule has 1 heterocycles. The van der Waals surface area contributed by atoms with Gasteiger partial charge in [0.05, 0.1) is 0 Å². The van der Waals surface area contributed by atoms with Crippen molar-refractivity contribution >= 4 is 17.6 Å². The fraction of sp³-hybridized carbons (Fsp3) is 0.0833. The third kappa shape index (κ3) is 3.21. The van der Waals surface area contributed by atoms with Crippen LogP contribution in [0.3, 0.4) is 0 Å². The number of thioether (sulfide) groups is 1. The number of oxime groups is 1. The first kappa shape index (κ1) is 12.4. The predicted octanol–water partition coefficient (Wildman–Crippen LogP) is 1.86. The molecule has 0 bridgehead atoms. The Morgan fingerprint density at radius 1 is 1.22 bits per heavy atom. The first-order chi connectivity index (χ1) is 8.79. The van der Waals surface area contributed by atoms with Crippen LogP contribution in [0.2, 0.25) is 0 Å². The molecule has 0 aliphatic carbocycles. The van der Waals surface area contributed by atoms with E-state index in [2.05, 4.69) is 15.1 Å². The van der Waals surface area contributed by atoms with Crippen LogP contribution in [0.15, 0.2) is 53.0 Å². The van der Waals surface area contributed by atoms with E-state index < -0.39 is 0 Å². The highest BCUT2D eigenvalue weighted by atomic mass is 32.2. The van der Waals surface area contributed by atoms with Gasteiger partial charge in [-0.25, -0.2) is 9.97 Å². The Kier molecular flexibility index (Phi) is 4.14. The Hall–Kier alpha value is -2.08. The Morgan fingerprint density at radius 3 is 2.50 bits per heavy atom. The lowest BCUT2D eigenvalue weighted by atomic mass is 10.1. The second-order valence-corrected chi connectivity index (χ2v) is 4.44. The molecule has 0 aliphatic rings. The molecule has 1 aromatic heterocycles. The Bertz CT molecular complexity index is 528. The maximum Gasteiger partial charge on any atom is 0.187 e. The van der Waals surface area contributed by atoms with E-state index >= 15 is 0 Å². The van der Waals surface area contributed by atoms with Crippen molar-refractivity contribution < 1.29 is 5.21 Å². The van der Waals surface area contributed by atoms with E-state index in [0.717, 1.165) is 16.5 Å². The van der Waals surface area contributed by atoms with E-state index in [9.17, 15) is 0 Å². The summed E-state index contributed by atoms with van der Waals surface area (Å²) < 4.78 is 0. The molecule has 0 radical (unpaired) electrons. The molecule has 3 N–H and O–H groups in total. The molecule has 1 aromatic carbocycles. The smallest absolute Gasteiger partial charge is 0.187 e. The number of amidine groups is 1. The van der Waals surface area contributed by atoms with Crippen molar-refractivity contribution in [3.8, 4) is 0 Å². The number of nitrogens with two attached hydrogens (primary N) is 1. The highest BCUT2D eigenvalue weighted by Gasteiger charge is 2.01. The van der Waals surface area contributed by atoms with Crippen molar-refractivity contribution in [3.05, 3.63) is 53.9 Å². The SMILES string of the molecule is N/C(=N\O)c1ccc(CSc2ncccn2)cc1. The van der Waals surface area contributed by atoms with Crippen LogP contribution in [0.4, 0.5) is 0 Å². The molecule has 0 amide bonds. The zero-order valence-corrected chi connectivity index (χ0v) is 10.3. The van der Waals surface area contributed by atoms with Gasteiger partial charge in [0, 0.05) is 23.7 Å². The van der Waals surface area contributed by atoms with E-state index in [1.165, 1.54) is 0 Å². The van der Waals surface area contributed by atoms with Crippen molar-refractivity contribution in [2.45, 2.75) is 10.9 Å². The summed E-state index contributed by atoms with van der Waals surface area (Å²) in [5, 5.41) is 12.3. The van der Waals surface area contributed by atoms with E-state index in [1.54, 1.807) is 30.2 Å². The lowest BCUT2D eigenvalue weighted by Crippen LogP contribution is -2.12. The lowest BCUT2D eigenvalue weighted by Gasteiger charge is -2.02. The normalized spacial score (nSPS) is 11.4. The summed E-state index contributed by atoms with van der Waals surface area (Å²) in [4.78, 5) is 8.27. The molecular weight excluding hydrogens is 248 g/mol. The Balaban J connectivity index is 1.99. The van der Waals surface area contributed by atoms with Crippen LogP contribution in [0.25, 0.3) is 0 Å². The summed E-state index contributed by atoms with van der Waals surface area (Å²) in [6, 6.07) is 9.29. The summed E-state index contributed by atoms with van der Waals surface area (Å²) in [5.41, 5.74) is 7.31. The van der Waals surface area contributed by atoms with E-state index in [4.69, 9.17) is 10.9 Å². The topological polar surface area (TPSA) is 84.4 Å². The van der Waals surface area contributed by atoms with E-state index in [1.807, 2.05) is 24.3 Å². The molecule has 18 heavy (non-hydrogen) atoms. The fourth-order valence-electron chi connectivity index (χ4n) is 1.34. The van der Waals surface area contributed by atoms with Gasteiger partial charge in [0.15, 0.2) is 11.0 Å². The summed E-state index contributed by atoms with van der Waals surface area (Å²) in [6.07, 6.45) is 3.44. The van der Waals surface area contributed by atoms with E-state index in [-0.39, 0.29) is 5.84 Å². The fourth-order valence-corrected chi connectivity index (χ4v) is 2.10. The third-order valence-electron chi connectivity index (χ3n) is 2.27. The first-order valence-corrected chi connectivity index (χ1v) is 6.25. The molecule has 2 rings (SSSR count). The van der Waals surface area contributed by atoms with Crippen molar-refractivity contribution in [2.75, 3.05) is 0 Å². The second kappa shape index (κ2) is 6.02. The number of hydrogen-bond acceptors (Lipinski definition) is 5. The molecular formula is C12H12N4OS. The number of hydrogen-bond donors (Lipinski definition) is 2. The van der Waals surface area contributed by atoms with Crippen LogP contribution in [0.1, 0.15) is 11.1 Å². The van der Waals surface area contributed by atoms with Gasteiger partial charge in [-0.3, -0.25) is 0 Å². The van der Waals surface area contributed by atoms with Gasteiger partial charge in [-0.15, -0.1) is 0 Å². The quantitative estimate of drug-likeness (QED) is 0.219. The predicted molar refractivity (Wildman–Crippen MR) is 70.5 cm³/mol. The summed E-state index contributed by atoms with van der Waals surface area (Å²) >= 11 is 1.56. The molecule has 0 saturated carbocycles. The maximum absolute atomic E-state index is 8.55. The van der Waals surface area contributed by atoms with E-state index in [0.29, 0.717) is 5.56 Å². The monoisotopic (exact) mass is 260 g/mol. The van der Waals surface area contributed by atoms with Crippen molar-refractivity contribution in [2.24, 2.45) is 10.9 Å². The molecule has 92 valence electrons. The molecule has 0 aliphatic heterocycles. The highest BCUT2D eigenvalue weighted by Crippen LogP contribution is 2.18. The van der Waals surface area contributed by atoms with Gasteiger partial charge in [-0.1, -0.05) is 41.2 Å². The standard InChI is InChI=1S/C12H12N4OS/c13-11(16-17)10-4-2-9(3-5-10)8-18-12-14-6-1-7-15-12/h1-7,17H,8H2,(H2,13,16). The third-order valence-corrected chi connectivity index (χ3v) is 3.21. The first-order valence-electron chi connectivity index (χ1n) is 5.26. The van der Waals surface area contributed by atoms with Gasteiger partial charge in [-0.2, -0.15) is 0 Å². The minimum absolute atomic E-state index is 0.112. The molecule has 0 saturated heterocycles. The van der Waals surface area contributed by atoms with Gasteiger partial charge >= 0.3 is 0 Å². The van der Waals surface area contributed by atoms with Crippen LogP contribution in [0.5, 0.6) is 0 Å². The molecule has 0 spiro atoms. The zero-order chi connectivity index (χ0) is 12.8. The van der Waals surface area contributed by atoms with Crippen LogP contribution in [-0.2, 0) is 5.75 Å². The van der Waals surface area contributed by atoms with Crippen LogP contribution >= 0.6 is 11.8 Å². The van der Waals surface area contributed by atoms with Crippen LogP contribution < -0.4 is 5.73 Å². The van der Waals surface area contributed by atoms with Crippen molar-refractivity contribution in [1.82, 2.24) is 9.97 Å². The number of aromatic nitrogens is 2. The van der Waals surface area contributed by atoms with Gasteiger partial charge in [0.25, 0.3) is 0 Å². The summed E-state index contributed by atoms with van der Waals surface area (Å²) in [7, 11) is 0. The Labute approximate surface area is 109 Å². The Morgan fingerprint density at radius 2 is 1.89 bits per heavy atom. The average molecular weight is 260 g/mol. The molecule has 0 atom stereocenters. The number of rotatable bonds is 4. The lowest BCUT2D eigenvalue weighted by molar-refractivity contribution is 0.318. The summed E-state index contributed by atoms with van der Waals surface area (Å²) in [6.45, 7) is 0. The van der Waals surface area contributed by atoms with Gasteiger partial charge < -0.3 is 10.9 Å². The van der Waals surface area contributed by atoms with Gasteiger partial charge in [0.2, 0.25) is 0 Å².